The smallest absolute Gasteiger partial charge is 0.269 e. The molecule has 0 spiro atoms. The second-order valence-electron chi connectivity index (χ2n) is 5.21. The Morgan fingerprint density at radius 3 is 2.35 bits per heavy atom. The molecule has 3 aromatic rings. The maximum atomic E-state index is 10.7. The number of phenolic OH excluding ortho intramolecular Hbond substituents is 2. The normalized spacial score (nSPS) is 10.8. The lowest BCUT2D eigenvalue weighted by atomic mass is 10.1. The highest BCUT2D eigenvalue weighted by molar-refractivity contribution is 5.84. The van der Waals surface area contributed by atoms with Gasteiger partial charge in [0.15, 0.2) is 0 Å². The van der Waals surface area contributed by atoms with Crippen molar-refractivity contribution in [1.29, 1.82) is 0 Å². The molecule has 9 heteroatoms. The maximum absolute atomic E-state index is 10.7. The van der Waals surface area contributed by atoms with Crippen LogP contribution in [0.5, 0.6) is 11.5 Å². The molecule has 1 aromatic heterocycles. The Bertz CT molecular complexity index is 956. The van der Waals surface area contributed by atoms with Gasteiger partial charge in [0.1, 0.15) is 11.5 Å². The number of benzene rings is 2. The standard InChI is InChI=1S/C17H13N5O4/c23-15-6-3-12(16(24)7-15)10-20-21-17-18-8-13(9-19-17)11-1-4-14(5-2-11)22(25)26/h1-10,23-24H,(H,18,19,21). The predicted octanol–water partition coefficient (Wildman–Crippen LogP) is 2.91. The number of nitro benzene ring substituents is 1. The topological polar surface area (TPSA) is 134 Å². The van der Waals surface area contributed by atoms with E-state index in [-0.39, 0.29) is 23.1 Å². The highest BCUT2D eigenvalue weighted by Gasteiger charge is 2.06. The molecule has 130 valence electrons. The molecule has 0 aliphatic rings. The summed E-state index contributed by atoms with van der Waals surface area (Å²) in [6, 6.07) is 10.2. The predicted molar refractivity (Wildman–Crippen MR) is 95.1 cm³/mol. The van der Waals surface area contributed by atoms with Gasteiger partial charge in [-0.05, 0) is 29.8 Å². The Labute approximate surface area is 147 Å². The van der Waals surface area contributed by atoms with Crippen molar-refractivity contribution in [3.63, 3.8) is 0 Å². The molecule has 3 N–H and O–H groups in total. The molecule has 0 atom stereocenters. The lowest BCUT2D eigenvalue weighted by molar-refractivity contribution is -0.384. The van der Waals surface area contributed by atoms with Gasteiger partial charge in [-0.15, -0.1) is 0 Å². The summed E-state index contributed by atoms with van der Waals surface area (Å²) in [5, 5.41) is 33.5. The second kappa shape index (κ2) is 7.26. The van der Waals surface area contributed by atoms with Gasteiger partial charge in [0.25, 0.3) is 5.69 Å². The van der Waals surface area contributed by atoms with Crippen molar-refractivity contribution in [3.05, 3.63) is 70.5 Å². The minimum Gasteiger partial charge on any atom is -0.508 e. The molecule has 2 aromatic carbocycles. The van der Waals surface area contributed by atoms with Gasteiger partial charge in [0.05, 0.1) is 11.1 Å². The average Bonchev–Trinajstić information content (AvgIpc) is 2.64. The minimum atomic E-state index is -0.461. The van der Waals surface area contributed by atoms with Crippen molar-refractivity contribution in [1.82, 2.24) is 9.97 Å². The van der Waals surface area contributed by atoms with E-state index in [1.165, 1.54) is 36.5 Å². The number of hydrogen-bond acceptors (Lipinski definition) is 8. The van der Waals surface area contributed by atoms with E-state index in [0.29, 0.717) is 11.1 Å². The zero-order valence-electron chi connectivity index (χ0n) is 13.3. The molecule has 0 saturated carbocycles. The van der Waals surface area contributed by atoms with Crippen LogP contribution >= 0.6 is 0 Å². The van der Waals surface area contributed by atoms with E-state index < -0.39 is 4.92 Å². The summed E-state index contributed by atoms with van der Waals surface area (Å²) in [5.74, 6) is 0.0907. The van der Waals surface area contributed by atoms with Crippen LogP contribution in [0.3, 0.4) is 0 Å². The van der Waals surface area contributed by atoms with Gasteiger partial charge in [-0.3, -0.25) is 10.1 Å². The van der Waals surface area contributed by atoms with Crippen LogP contribution in [0.15, 0.2) is 60.0 Å². The van der Waals surface area contributed by atoms with Crippen molar-refractivity contribution >= 4 is 17.9 Å². The molecule has 0 amide bonds. The largest absolute Gasteiger partial charge is 0.508 e. The van der Waals surface area contributed by atoms with Gasteiger partial charge in [-0.2, -0.15) is 5.10 Å². The van der Waals surface area contributed by atoms with Gasteiger partial charge in [0.2, 0.25) is 5.95 Å². The lowest BCUT2D eigenvalue weighted by Gasteiger charge is -2.03. The Balaban J connectivity index is 1.67. The van der Waals surface area contributed by atoms with Crippen LogP contribution in [0, 0.1) is 10.1 Å². The highest BCUT2D eigenvalue weighted by Crippen LogP contribution is 2.22. The number of aromatic nitrogens is 2. The summed E-state index contributed by atoms with van der Waals surface area (Å²) in [5.41, 5.74) is 4.50. The van der Waals surface area contributed by atoms with Gasteiger partial charge >= 0.3 is 0 Å². The summed E-state index contributed by atoms with van der Waals surface area (Å²) in [6.45, 7) is 0. The summed E-state index contributed by atoms with van der Waals surface area (Å²) in [7, 11) is 0. The molecule has 0 saturated heterocycles. The summed E-state index contributed by atoms with van der Waals surface area (Å²) in [6.07, 6.45) is 4.48. The lowest BCUT2D eigenvalue weighted by Crippen LogP contribution is -1.97. The van der Waals surface area contributed by atoms with E-state index in [0.717, 1.165) is 5.56 Å². The number of nitrogens with zero attached hydrogens (tertiary/aromatic N) is 4. The van der Waals surface area contributed by atoms with Crippen LogP contribution in [-0.2, 0) is 0 Å². The van der Waals surface area contributed by atoms with Crippen LogP contribution in [-0.4, -0.2) is 31.3 Å². The fraction of sp³-hybridized carbons (Fsp3) is 0. The third-order valence-electron chi connectivity index (χ3n) is 3.45. The molecule has 3 rings (SSSR count). The molecule has 0 radical (unpaired) electrons. The van der Waals surface area contributed by atoms with Crippen molar-refractivity contribution in [2.24, 2.45) is 5.10 Å². The highest BCUT2D eigenvalue weighted by atomic mass is 16.6. The number of non-ortho nitro benzene ring substituents is 1. The second-order valence-corrected chi connectivity index (χ2v) is 5.21. The van der Waals surface area contributed by atoms with Gasteiger partial charge in [-0.25, -0.2) is 15.4 Å². The summed E-state index contributed by atoms with van der Waals surface area (Å²) < 4.78 is 0. The van der Waals surface area contributed by atoms with E-state index >= 15 is 0 Å². The van der Waals surface area contributed by atoms with Gasteiger partial charge in [-0.1, -0.05) is 0 Å². The molecular weight excluding hydrogens is 338 g/mol. The number of hydrogen-bond donors (Lipinski definition) is 3. The summed E-state index contributed by atoms with van der Waals surface area (Å²) in [4.78, 5) is 18.4. The maximum Gasteiger partial charge on any atom is 0.269 e. The zero-order valence-corrected chi connectivity index (χ0v) is 13.3. The number of aromatic hydroxyl groups is 2. The van der Waals surface area contributed by atoms with E-state index in [2.05, 4.69) is 20.5 Å². The molecule has 9 nitrogen and oxygen atoms in total. The van der Waals surface area contributed by atoms with Crippen molar-refractivity contribution < 1.29 is 15.1 Å². The third kappa shape index (κ3) is 3.90. The van der Waals surface area contributed by atoms with Gasteiger partial charge < -0.3 is 10.2 Å². The third-order valence-corrected chi connectivity index (χ3v) is 3.45. The van der Waals surface area contributed by atoms with E-state index in [4.69, 9.17) is 0 Å². The Morgan fingerprint density at radius 2 is 1.73 bits per heavy atom. The fourth-order valence-corrected chi connectivity index (χ4v) is 2.11. The average molecular weight is 351 g/mol. The van der Waals surface area contributed by atoms with E-state index in [1.54, 1.807) is 24.5 Å². The van der Waals surface area contributed by atoms with E-state index in [1.807, 2.05) is 0 Å². The molecule has 1 heterocycles. The number of anilines is 1. The van der Waals surface area contributed by atoms with Crippen molar-refractivity contribution in [3.8, 4) is 22.6 Å². The first-order valence-corrected chi connectivity index (χ1v) is 7.41. The Morgan fingerprint density at radius 1 is 1.04 bits per heavy atom. The van der Waals surface area contributed by atoms with Crippen molar-refractivity contribution in [2.75, 3.05) is 5.43 Å². The Hall–Kier alpha value is -4.01. The first-order valence-electron chi connectivity index (χ1n) is 7.41. The van der Waals surface area contributed by atoms with Crippen LogP contribution in [0.25, 0.3) is 11.1 Å². The molecule has 0 unspecified atom stereocenters. The number of hydrazone groups is 1. The van der Waals surface area contributed by atoms with Crippen LogP contribution in [0.2, 0.25) is 0 Å². The molecule has 0 fully saturated rings. The quantitative estimate of drug-likeness (QED) is 0.365. The van der Waals surface area contributed by atoms with Crippen LogP contribution in [0.4, 0.5) is 11.6 Å². The van der Waals surface area contributed by atoms with Crippen LogP contribution < -0.4 is 5.43 Å². The molecule has 0 aliphatic carbocycles. The number of phenols is 2. The zero-order chi connectivity index (χ0) is 18.5. The summed E-state index contributed by atoms with van der Waals surface area (Å²) >= 11 is 0. The van der Waals surface area contributed by atoms with Crippen molar-refractivity contribution in [2.45, 2.75) is 0 Å². The number of nitro groups is 1. The minimum absolute atomic E-state index is 0.0137. The molecular formula is C17H13N5O4. The van der Waals surface area contributed by atoms with Crippen LogP contribution in [0.1, 0.15) is 5.56 Å². The number of rotatable bonds is 5. The van der Waals surface area contributed by atoms with Gasteiger partial charge in [0, 0.05) is 41.7 Å². The first kappa shape index (κ1) is 16.8. The van der Waals surface area contributed by atoms with E-state index in [9.17, 15) is 20.3 Å². The first-order chi connectivity index (χ1) is 12.5. The molecule has 26 heavy (non-hydrogen) atoms. The monoisotopic (exact) mass is 351 g/mol. The molecule has 0 bridgehead atoms. The molecule has 0 aliphatic heterocycles. The SMILES string of the molecule is O=[N+]([O-])c1ccc(-c2cnc(NN=Cc3ccc(O)cc3O)nc2)cc1. The number of nitrogens with one attached hydrogen (secondary N) is 1. The fourth-order valence-electron chi connectivity index (χ4n) is 2.11. The Kier molecular flexibility index (Phi) is 4.70.